The summed E-state index contributed by atoms with van der Waals surface area (Å²) in [6, 6.07) is 17.1. The maximum atomic E-state index is 13.4. The summed E-state index contributed by atoms with van der Waals surface area (Å²) in [4.78, 5) is 77.1. The first-order chi connectivity index (χ1) is 28.9. The average molecular weight is 828 g/mol. The van der Waals surface area contributed by atoms with Crippen LogP contribution in [0.2, 0.25) is 5.02 Å². The van der Waals surface area contributed by atoms with Gasteiger partial charge in [-0.2, -0.15) is 4.98 Å². The molecule has 7 aliphatic rings. The van der Waals surface area contributed by atoms with Crippen molar-refractivity contribution in [1.82, 2.24) is 29.6 Å². The summed E-state index contributed by atoms with van der Waals surface area (Å²) in [7, 11) is 0. The normalized spacial score (nSPS) is 26.7. The highest BCUT2D eigenvalue weighted by Crippen LogP contribution is 2.53. The lowest BCUT2D eigenvalue weighted by atomic mass is 9.83. The maximum absolute atomic E-state index is 13.4. The van der Waals surface area contributed by atoms with Gasteiger partial charge in [0.05, 0.1) is 38.2 Å². The summed E-state index contributed by atoms with van der Waals surface area (Å²) >= 11 is 6.52. The Kier molecular flexibility index (Phi) is 8.92. The summed E-state index contributed by atoms with van der Waals surface area (Å²) in [5.74, 6) is 2.49. The highest BCUT2D eigenvalue weighted by Gasteiger charge is 2.56. The second-order valence-electron chi connectivity index (χ2n) is 19.0. The smallest absolute Gasteiger partial charge is 0.282 e. The Balaban J connectivity index is 0.655. The number of amides is 4. The molecule has 0 bridgehead atoms. The maximum Gasteiger partial charge on any atom is 0.282 e. The fourth-order valence-electron chi connectivity index (χ4n) is 11.8. The predicted molar refractivity (Wildman–Crippen MR) is 228 cm³/mol. The zero-order valence-electron chi connectivity index (χ0n) is 34.2. The molecule has 3 aromatic carbocycles. The van der Waals surface area contributed by atoms with Gasteiger partial charge in [0, 0.05) is 51.4 Å². The van der Waals surface area contributed by atoms with Gasteiger partial charge in [-0.15, -0.1) is 0 Å². The molecule has 0 spiro atoms. The molecule has 6 aliphatic heterocycles. The van der Waals surface area contributed by atoms with Crippen LogP contribution in [-0.4, -0.2) is 106 Å². The molecule has 1 aliphatic carbocycles. The standard InChI is InChI=1S/C47H50ClN7O5/c1-47(2)35-9-6-28(20-39(35)54-37-5-3-4-36(48)41(37)43(58)50-46(47)54)27-14-16-51(17-15-27)23-32-33-24-52(25-34(32)33)22-26-12-18-53(19-13-26)29-7-8-30-31(21-29)45(60)55(44(30)59)38-10-11-40(56)49-42(38)57/h3-9,20-21,26-27,32-34,38H,10-19,22-25H2,1-2H3,(H,49,56,57)/t32?,33-,34+,38?. The fourth-order valence-corrected chi connectivity index (χ4v) is 12.1. The van der Waals surface area contributed by atoms with Crippen molar-refractivity contribution < 1.29 is 19.2 Å². The van der Waals surface area contributed by atoms with Gasteiger partial charge in [0.2, 0.25) is 11.8 Å². The minimum atomic E-state index is -0.952. The van der Waals surface area contributed by atoms with Crippen LogP contribution in [0, 0.1) is 23.7 Å². The van der Waals surface area contributed by atoms with Crippen LogP contribution in [0.5, 0.6) is 0 Å². The molecule has 4 atom stereocenters. The highest BCUT2D eigenvalue weighted by molar-refractivity contribution is 6.35. The fraction of sp³-hybridized carbons (Fsp3) is 0.489. The zero-order valence-corrected chi connectivity index (χ0v) is 34.9. The molecule has 310 valence electrons. The molecule has 2 unspecified atom stereocenters. The van der Waals surface area contributed by atoms with Crippen molar-refractivity contribution in [3.05, 3.63) is 98.1 Å². The third-order valence-electron chi connectivity index (χ3n) is 15.3. The summed E-state index contributed by atoms with van der Waals surface area (Å²) in [6.45, 7) is 13.2. The lowest BCUT2D eigenvalue weighted by Crippen LogP contribution is -2.54. The SMILES string of the molecule is CC1(C)c2ccc(C3CCN(CC4[C@H]5CN(CC6CCN(c7ccc8c(c7)C(=O)N(C7CCC(=O)NC7=O)C8=O)CC6)C[C@@H]45)CC3)cc2-n2c1nc(=O)c1c(Cl)cccc12. The molecule has 1 aromatic heterocycles. The average Bonchev–Trinajstić information content (AvgIpc) is 3.45. The van der Waals surface area contributed by atoms with E-state index in [4.69, 9.17) is 11.6 Å². The topological polar surface area (TPSA) is 128 Å². The van der Waals surface area contributed by atoms with Gasteiger partial charge < -0.3 is 14.7 Å². The number of halogens is 1. The van der Waals surface area contributed by atoms with Crippen molar-refractivity contribution in [3.8, 4) is 5.69 Å². The highest BCUT2D eigenvalue weighted by atomic mass is 35.5. The van der Waals surface area contributed by atoms with E-state index in [0.717, 1.165) is 104 Å². The number of nitrogens with zero attached hydrogens (tertiary/aromatic N) is 6. The molecular weight excluding hydrogens is 778 g/mol. The van der Waals surface area contributed by atoms with Crippen molar-refractivity contribution in [2.24, 2.45) is 23.7 Å². The molecule has 7 heterocycles. The van der Waals surface area contributed by atoms with E-state index < -0.39 is 23.8 Å². The molecule has 12 nitrogen and oxygen atoms in total. The van der Waals surface area contributed by atoms with Gasteiger partial charge in [0.15, 0.2) is 0 Å². The predicted octanol–water partition coefficient (Wildman–Crippen LogP) is 5.35. The van der Waals surface area contributed by atoms with E-state index in [-0.39, 0.29) is 29.7 Å². The van der Waals surface area contributed by atoms with Gasteiger partial charge in [0.25, 0.3) is 17.4 Å². The second-order valence-corrected chi connectivity index (χ2v) is 19.4. The first-order valence-corrected chi connectivity index (χ1v) is 22.2. The number of carbonyl (C=O) groups is 4. The van der Waals surface area contributed by atoms with E-state index in [1.54, 1.807) is 12.1 Å². The van der Waals surface area contributed by atoms with Gasteiger partial charge in [-0.1, -0.05) is 29.8 Å². The lowest BCUT2D eigenvalue weighted by molar-refractivity contribution is -0.136. The minimum Gasteiger partial charge on any atom is -0.371 e. The number of hydrogen-bond donors (Lipinski definition) is 1. The van der Waals surface area contributed by atoms with Crippen molar-refractivity contribution in [2.45, 2.75) is 69.7 Å². The number of anilines is 1. The Bertz CT molecular complexity index is 2560. The van der Waals surface area contributed by atoms with Crippen LogP contribution >= 0.6 is 11.6 Å². The number of hydrogen-bond acceptors (Lipinski definition) is 9. The quantitative estimate of drug-likeness (QED) is 0.245. The largest absolute Gasteiger partial charge is 0.371 e. The van der Waals surface area contributed by atoms with Gasteiger partial charge in [-0.3, -0.25) is 38.8 Å². The molecule has 4 aromatic rings. The Labute approximate surface area is 353 Å². The number of imide groups is 2. The van der Waals surface area contributed by atoms with Crippen LogP contribution in [0.15, 0.2) is 59.4 Å². The van der Waals surface area contributed by atoms with Gasteiger partial charge in [-0.05, 0) is 136 Å². The van der Waals surface area contributed by atoms with E-state index in [9.17, 15) is 24.0 Å². The molecule has 4 amide bonds. The van der Waals surface area contributed by atoms with Crippen molar-refractivity contribution in [1.29, 1.82) is 0 Å². The van der Waals surface area contributed by atoms with Crippen LogP contribution in [0.4, 0.5) is 5.69 Å². The van der Waals surface area contributed by atoms with E-state index >= 15 is 0 Å². The van der Waals surface area contributed by atoms with Crippen LogP contribution < -0.4 is 15.8 Å². The van der Waals surface area contributed by atoms with Crippen molar-refractivity contribution >= 4 is 51.8 Å². The number of benzene rings is 3. The van der Waals surface area contributed by atoms with Gasteiger partial charge in [0.1, 0.15) is 11.9 Å². The zero-order chi connectivity index (χ0) is 41.2. The summed E-state index contributed by atoms with van der Waals surface area (Å²) in [5, 5.41) is 3.19. The van der Waals surface area contributed by atoms with Gasteiger partial charge >= 0.3 is 0 Å². The third kappa shape index (κ3) is 6.07. The molecule has 1 saturated carbocycles. The first-order valence-electron chi connectivity index (χ1n) is 21.9. The van der Waals surface area contributed by atoms with E-state index in [0.29, 0.717) is 33.4 Å². The summed E-state index contributed by atoms with van der Waals surface area (Å²) in [6.07, 6.45) is 4.74. The Morgan fingerprint density at radius 2 is 1.55 bits per heavy atom. The van der Waals surface area contributed by atoms with Crippen LogP contribution in [0.1, 0.15) is 96.0 Å². The number of aromatic nitrogens is 2. The summed E-state index contributed by atoms with van der Waals surface area (Å²) in [5.41, 5.74) is 5.46. The number of rotatable bonds is 7. The lowest BCUT2D eigenvalue weighted by Gasteiger charge is -2.36. The number of nitrogens with one attached hydrogen (secondary N) is 1. The van der Waals surface area contributed by atoms with E-state index in [2.05, 4.69) is 61.6 Å². The monoisotopic (exact) mass is 827 g/mol. The number of carbonyl (C=O) groups excluding carboxylic acids is 4. The van der Waals surface area contributed by atoms with Crippen LogP contribution in [0.3, 0.4) is 0 Å². The first kappa shape index (κ1) is 38.0. The molecule has 1 N–H and O–H groups in total. The Morgan fingerprint density at radius 3 is 2.30 bits per heavy atom. The molecular formula is C47H50ClN7O5. The number of fused-ring (bicyclic) bond motifs is 7. The summed E-state index contributed by atoms with van der Waals surface area (Å²) < 4.78 is 2.17. The molecule has 5 fully saturated rings. The third-order valence-corrected chi connectivity index (χ3v) is 15.6. The van der Waals surface area contributed by atoms with Crippen LogP contribution in [0.25, 0.3) is 16.6 Å². The van der Waals surface area contributed by atoms with Crippen LogP contribution in [-0.2, 0) is 15.0 Å². The van der Waals surface area contributed by atoms with Gasteiger partial charge in [-0.25, -0.2) is 0 Å². The molecule has 13 heteroatoms. The minimum absolute atomic E-state index is 0.108. The van der Waals surface area contributed by atoms with E-state index in [1.165, 1.54) is 30.8 Å². The number of piperidine rings is 4. The Morgan fingerprint density at radius 1 is 0.800 bits per heavy atom. The molecule has 0 radical (unpaired) electrons. The molecule has 60 heavy (non-hydrogen) atoms. The van der Waals surface area contributed by atoms with E-state index in [1.807, 2.05) is 24.3 Å². The Hall–Kier alpha value is -4.91. The second kappa shape index (κ2) is 14.1. The number of likely N-dealkylation sites (tertiary alicyclic amines) is 2. The molecule has 4 saturated heterocycles. The van der Waals surface area contributed by atoms with Crippen molar-refractivity contribution in [2.75, 3.05) is 57.3 Å². The van der Waals surface area contributed by atoms with Crippen molar-refractivity contribution in [3.63, 3.8) is 0 Å². The molecule has 11 rings (SSSR count).